The van der Waals surface area contributed by atoms with E-state index in [1.54, 1.807) is 6.92 Å². The Morgan fingerprint density at radius 3 is 1.80 bits per heavy atom. The lowest BCUT2D eigenvalue weighted by atomic mass is 10.4. The zero-order valence-electron chi connectivity index (χ0n) is 3.02. The third-order valence-corrected chi connectivity index (χ3v) is 0.368. The third kappa shape index (κ3) is 0.597. The Bertz CT molecular complexity index is 42.9. The molecule has 0 N–H and O–H groups in total. The first-order chi connectivity index (χ1) is 2.21. The van der Waals surface area contributed by atoms with E-state index in [1.807, 2.05) is 0 Å². The highest BCUT2D eigenvalue weighted by molar-refractivity contribution is 4.67. The molecule has 0 spiro atoms. The Labute approximate surface area is 30.6 Å². The van der Waals surface area contributed by atoms with Crippen LogP contribution in [0.3, 0.4) is 0 Å². The third-order valence-electron chi connectivity index (χ3n) is 0.368. The Kier molecular flexibility index (Phi) is 0.333. The molecule has 1 radical (unpaired) electrons. The van der Waals surface area contributed by atoms with Gasteiger partial charge in [0.2, 0.25) is 5.79 Å². The van der Waals surface area contributed by atoms with Crippen molar-refractivity contribution in [3.8, 4) is 0 Å². The summed E-state index contributed by atoms with van der Waals surface area (Å²) < 4.78 is 0. The Hall–Kier alpha value is -0.0800. The van der Waals surface area contributed by atoms with Gasteiger partial charge in [0.05, 0.1) is 0 Å². The van der Waals surface area contributed by atoms with Crippen molar-refractivity contribution in [1.82, 2.24) is 0 Å². The first-order valence-corrected chi connectivity index (χ1v) is 1.43. The fourth-order valence-electron chi connectivity index (χ4n) is 0.0711. The molecule has 1 aliphatic heterocycles. The zero-order chi connectivity index (χ0) is 3.91. The largest absolute Gasteiger partial charge is 0.231 e. The van der Waals surface area contributed by atoms with Crippen LogP contribution >= 0.6 is 0 Å². The lowest BCUT2D eigenvalue weighted by Gasteiger charge is -1.72. The quantitative estimate of drug-likeness (QED) is 0.308. The molecule has 1 rings (SSSR count). The zero-order valence-corrected chi connectivity index (χ0v) is 3.02. The average Bonchev–Trinajstić information content (AvgIpc) is 1.76. The lowest BCUT2D eigenvalue weighted by molar-refractivity contribution is 0.0850. The maximum absolute atomic E-state index is 4.28. The topological polar surface area (TPSA) is 25.1 Å². The van der Waals surface area contributed by atoms with E-state index >= 15 is 0 Å². The Balaban J connectivity index is 2.38. The first-order valence-electron chi connectivity index (χ1n) is 1.43. The predicted octanol–water partition coefficient (Wildman–Crippen LogP) is 0.498. The van der Waals surface area contributed by atoms with Crippen LogP contribution in [0.2, 0.25) is 0 Å². The van der Waals surface area contributed by atoms with E-state index in [-0.39, 0.29) is 0 Å². The van der Waals surface area contributed by atoms with Crippen molar-refractivity contribution in [1.29, 1.82) is 0 Å². The molecule has 0 atom stereocenters. The van der Waals surface area contributed by atoms with Gasteiger partial charge in [-0.2, -0.15) is 9.78 Å². The molecule has 0 aromatic carbocycles. The fraction of sp³-hybridized carbons (Fsp3) is 0.667. The van der Waals surface area contributed by atoms with E-state index in [4.69, 9.17) is 0 Å². The van der Waals surface area contributed by atoms with Gasteiger partial charge in [-0.15, -0.1) is 0 Å². The van der Waals surface area contributed by atoms with Crippen molar-refractivity contribution in [3.63, 3.8) is 0 Å². The standard InChI is InChI=1S/C3H5O2/c1-3(2)4-5-3/h1H2,2H3. The summed E-state index contributed by atoms with van der Waals surface area (Å²) in [5.74, 6) is -0.500. The summed E-state index contributed by atoms with van der Waals surface area (Å²) in [5.41, 5.74) is 0. The molecule has 2 heteroatoms. The van der Waals surface area contributed by atoms with Gasteiger partial charge in [-0.25, -0.2) is 0 Å². The van der Waals surface area contributed by atoms with Crippen molar-refractivity contribution in [3.05, 3.63) is 6.92 Å². The summed E-state index contributed by atoms with van der Waals surface area (Å²) in [6, 6.07) is 0. The molecule has 1 saturated heterocycles. The summed E-state index contributed by atoms with van der Waals surface area (Å²) in [5, 5.41) is 0. The molecule has 2 nitrogen and oxygen atoms in total. The summed E-state index contributed by atoms with van der Waals surface area (Å²) in [6.07, 6.45) is 0. The van der Waals surface area contributed by atoms with Gasteiger partial charge in [0, 0.05) is 6.92 Å². The van der Waals surface area contributed by atoms with E-state index in [1.165, 1.54) is 0 Å². The van der Waals surface area contributed by atoms with Crippen LogP contribution in [0.15, 0.2) is 0 Å². The van der Waals surface area contributed by atoms with Gasteiger partial charge in [-0.05, 0) is 6.92 Å². The SMILES string of the molecule is [CH2]C1(C)OO1. The molecule has 0 bridgehead atoms. The van der Waals surface area contributed by atoms with Gasteiger partial charge in [0.1, 0.15) is 0 Å². The van der Waals surface area contributed by atoms with Crippen LogP contribution in [0.1, 0.15) is 6.92 Å². The number of hydrogen-bond donors (Lipinski definition) is 0. The van der Waals surface area contributed by atoms with Crippen molar-refractivity contribution < 1.29 is 9.78 Å². The summed E-state index contributed by atoms with van der Waals surface area (Å²) in [7, 11) is 0. The maximum atomic E-state index is 4.28. The summed E-state index contributed by atoms with van der Waals surface area (Å²) >= 11 is 0. The molecular weight excluding hydrogens is 68.0 g/mol. The molecule has 1 heterocycles. The predicted molar refractivity (Wildman–Crippen MR) is 15.9 cm³/mol. The summed E-state index contributed by atoms with van der Waals surface area (Å²) in [4.78, 5) is 8.57. The van der Waals surface area contributed by atoms with Crippen LogP contribution in [-0.4, -0.2) is 5.79 Å². The van der Waals surface area contributed by atoms with E-state index < -0.39 is 5.79 Å². The van der Waals surface area contributed by atoms with Crippen LogP contribution in [0.5, 0.6) is 0 Å². The van der Waals surface area contributed by atoms with Gasteiger partial charge in [-0.1, -0.05) is 0 Å². The molecule has 0 aliphatic carbocycles. The molecular formula is C3H5O2. The van der Waals surface area contributed by atoms with Crippen molar-refractivity contribution >= 4 is 0 Å². The highest BCUT2D eigenvalue weighted by Gasteiger charge is 2.36. The second kappa shape index (κ2) is 0.533. The minimum atomic E-state index is -0.500. The van der Waals surface area contributed by atoms with Gasteiger partial charge in [0.25, 0.3) is 0 Å². The van der Waals surface area contributed by atoms with Crippen molar-refractivity contribution in [2.24, 2.45) is 0 Å². The monoisotopic (exact) mass is 73.0 g/mol. The Morgan fingerprint density at radius 1 is 1.60 bits per heavy atom. The molecule has 5 heavy (non-hydrogen) atoms. The maximum Gasteiger partial charge on any atom is 0.231 e. The van der Waals surface area contributed by atoms with Crippen LogP contribution in [-0.2, 0) is 9.78 Å². The van der Waals surface area contributed by atoms with Crippen molar-refractivity contribution in [2.75, 3.05) is 0 Å². The highest BCUT2D eigenvalue weighted by Crippen LogP contribution is 2.25. The first kappa shape index (κ1) is 3.12. The lowest BCUT2D eigenvalue weighted by Crippen LogP contribution is -1.90. The van der Waals surface area contributed by atoms with Crippen LogP contribution in [0, 0.1) is 6.92 Å². The van der Waals surface area contributed by atoms with E-state index in [0.717, 1.165) is 0 Å². The van der Waals surface area contributed by atoms with Gasteiger partial charge in [-0.3, -0.25) is 0 Å². The van der Waals surface area contributed by atoms with Crippen molar-refractivity contribution in [2.45, 2.75) is 12.7 Å². The van der Waals surface area contributed by atoms with Gasteiger partial charge < -0.3 is 0 Å². The van der Waals surface area contributed by atoms with Gasteiger partial charge in [0.15, 0.2) is 0 Å². The summed E-state index contributed by atoms with van der Waals surface area (Å²) in [6.45, 7) is 5.18. The molecule has 0 amide bonds. The minimum Gasteiger partial charge on any atom is -0.195 e. The number of hydrogen-bond acceptors (Lipinski definition) is 2. The molecule has 0 aromatic heterocycles. The Morgan fingerprint density at radius 2 is 1.80 bits per heavy atom. The second-order valence-corrected chi connectivity index (χ2v) is 1.30. The molecule has 0 saturated carbocycles. The molecule has 0 unspecified atom stereocenters. The smallest absolute Gasteiger partial charge is 0.195 e. The van der Waals surface area contributed by atoms with Crippen LogP contribution in [0.25, 0.3) is 0 Å². The normalized spacial score (nSPS) is 30.0. The molecule has 1 fully saturated rings. The molecule has 0 aromatic rings. The van der Waals surface area contributed by atoms with E-state index in [0.29, 0.717) is 0 Å². The average molecular weight is 73.1 g/mol. The van der Waals surface area contributed by atoms with Crippen LogP contribution < -0.4 is 0 Å². The molecule has 29 valence electrons. The number of rotatable bonds is 0. The molecule has 1 aliphatic rings. The van der Waals surface area contributed by atoms with E-state index in [2.05, 4.69) is 16.7 Å². The fourth-order valence-corrected chi connectivity index (χ4v) is 0.0711. The second-order valence-electron chi connectivity index (χ2n) is 1.30. The minimum absolute atomic E-state index is 0.500. The highest BCUT2D eigenvalue weighted by atomic mass is 17.4. The van der Waals surface area contributed by atoms with E-state index in [9.17, 15) is 0 Å². The van der Waals surface area contributed by atoms with Crippen LogP contribution in [0.4, 0.5) is 0 Å². The van der Waals surface area contributed by atoms with Gasteiger partial charge >= 0.3 is 0 Å².